The first-order chi connectivity index (χ1) is 3.91. The van der Waals surface area contributed by atoms with Crippen molar-refractivity contribution in [1.82, 2.24) is 16.4 Å². The molecule has 8 heavy (non-hydrogen) atoms. The zero-order valence-corrected chi connectivity index (χ0v) is 5.36. The maximum absolute atomic E-state index is 2.79. The lowest BCUT2D eigenvalue weighted by atomic mass is 10.5. The van der Waals surface area contributed by atoms with E-state index in [0.29, 0.717) is 0 Å². The Bertz CT molecular complexity index is 60.7. The SMILES string of the molecule is CC/C=C/NNNC. The first-order valence-corrected chi connectivity index (χ1v) is 2.74. The van der Waals surface area contributed by atoms with Gasteiger partial charge < -0.3 is 5.43 Å². The Kier molecular flexibility index (Phi) is 6.02. The minimum Gasteiger partial charge on any atom is -0.316 e. The summed E-state index contributed by atoms with van der Waals surface area (Å²) in [5, 5.41) is 0. The Balaban J connectivity index is 2.80. The second-order valence-electron chi connectivity index (χ2n) is 1.33. The lowest BCUT2D eigenvalue weighted by Gasteiger charge is -1.97. The van der Waals surface area contributed by atoms with Gasteiger partial charge >= 0.3 is 0 Å². The van der Waals surface area contributed by atoms with Gasteiger partial charge in [-0.15, -0.1) is 0 Å². The van der Waals surface area contributed by atoms with Crippen molar-refractivity contribution in [1.29, 1.82) is 0 Å². The van der Waals surface area contributed by atoms with Crippen LogP contribution >= 0.6 is 0 Å². The fourth-order valence-corrected chi connectivity index (χ4v) is 0.291. The average molecular weight is 115 g/mol. The average Bonchev–Trinajstić information content (AvgIpc) is 1.81. The second-order valence-corrected chi connectivity index (χ2v) is 1.33. The van der Waals surface area contributed by atoms with E-state index >= 15 is 0 Å². The molecule has 0 heterocycles. The molecule has 0 amide bonds. The molecule has 0 bridgehead atoms. The third kappa shape index (κ3) is 5.46. The highest BCUT2D eigenvalue weighted by Crippen LogP contribution is 1.72. The number of hydrogen-bond donors (Lipinski definition) is 3. The van der Waals surface area contributed by atoms with Gasteiger partial charge in [0, 0.05) is 13.2 Å². The van der Waals surface area contributed by atoms with Crippen LogP contribution in [0, 0.1) is 0 Å². The summed E-state index contributed by atoms with van der Waals surface area (Å²) >= 11 is 0. The van der Waals surface area contributed by atoms with Crippen LogP contribution in [0.2, 0.25) is 0 Å². The van der Waals surface area contributed by atoms with E-state index in [1.807, 2.05) is 12.3 Å². The summed E-state index contributed by atoms with van der Waals surface area (Å²) in [6.07, 6.45) is 4.92. The van der Waals surface area contributed by atoms with Crippen molar-refractivity contribution >= 4 is 0 Å². The standard InChI is InChI=1S/C5H13N3/c1-3-4-5-7-8-6-2/h4-8H,3H2,1-2H3/b5-4+. The van der Waals surface area contributed by atoms with Crippen LogP contribution < -0.4 is 16.4 Å². The van der Waals surface area contributed by atoms with Crippen molar-refractivity contribution in [2.45, 2.75) is 13.3 Å². The van der Waals surface area contributed by atoms with Crippen molar-refractivity contribution in [2.24, 2.45) is 0 Å². The molecular formula is C5H13N3. The van der Waals surface area contributed by atoms with Gasteiger partial charge in [0.05, 0.1) is 0 Å². The van der Waals surface area contributed by atoms with Gasteiger partial charge in [-0.1, -0.05) is 13.0 Å². The Labute approximate surface area is 50.1 Å². The molecule has 3 nitrogen and oxygen atoms in total. The maximum Gasteiger partial charge on any atom is 0.00985 e. The van der Waals surface area contributed by atoms with Crippen molar-refractivity contribution in [3.63, 3.8) is 0 Å². The number of hydrazine groups is 2. The highest BCUT2D eigenvalue weighted by Gasteiger charge is 1.65. The van der Waals surface area contributed by atoms with Crippen molar-refractivity contribution in [2.75, 3.05) is 7.05 Å². The summed E-state index contributed by atoms with van der Waals surface area (Å²) in [5.41, 5.74) is 8.20. The zero-order valence-electron chi connectivity index (χ0n) is 5.36. The van der Waals surface area contributed by atoms with Crippen LogP contribution in [-0.2, 0) is 0 Å². The Hall–Kier alpha value is -0.540. The van der Waals surface area contributed by atoms with Crippen molar-refractivity contribution in [3.05, 3.63) is 12.3 Å². The fraction of sp³-hybridized carbons (Fsp3) is 0.600. The molecule has 0 aliphatic rings. The number of hydrogen-bond acceptors (Lipinski definition) is 3. The number of rotatable bonds is 4. The Morgan fingerprint density at radius 1 is 1.50 bits per heavy atom. The molecule has 0 aromatic rings. The van der Waals surface area contributed by atoms with E-state index in [1.54, 1.807) is 7.05 Å². The molecule has 0 atom stereocenters. The molecule has 3 N–H and O–H groups in total. The third-order valence-electron chi connectivity index (χ3n) is 0.634. The number of nitrogens with one attached hydrogen (secondary N) is 3. The molecule has 0 saturated carbocycles. The zero-order chi connectivity index (χ0) is 6.24. The Morgan fingerprint density at radius 2 is 2.25 bits per heavy atom. The molecule has 0 aromatic heterocycles. The first kappa shape index (κ1) is 7.46. The highest BCUT2D eigenvalue weighted by atomic mass is 15.6. The molecule has 3 heteroatoms. The van der Waals surface area contributed by atoms with Crippen LogP contribution in [0.25, 0.3) is 0 Å². The molecule has 0 saturated heterocycles. The monoisotopic (exact) mass is 115 g/mol. The molecule has 0 fully saturated rings. The van der Waals surface area contributed by atoms with E-state index in [4.69, 9.17) is 0 Å². The predicted molar refractivity (Wildman–Crippen MR) is 34.8 cm³/mol. The smallest absolute Gasteiger partial charge is 0.00985 e. The van der Waals surface area contributed by atoms with E-state index in [1.165, 1.54) is 0 Å². The first-order valence-electron chi connectivity index (χ1n) is 2.74. The van der Waals surface area contributed by atoms with Gasteiger partial charge in [0.1, 0.15) is 0 Å². The molecule has 48 valence electrons. The van der Waals surface area contributed by atoms with E-state index < -0.39 is 0 Å². The molecule has 0 aliphatic carbocycles. The van der Waals surface area contributed by atoms with Gasteiger partial charge in [0.2, 0.25) is 0 Å². The third-order valence-corrected chi connectivity index (χ3v) is 0.634. The molecule has 0 aliphatic heterocycles. The van der Waals surface area contributed by atoms with Crippen LogP contribution in [0.5, 0.6) is 0 Å². The van der Waals surface area contributed by atoms with E-state index in [0.717, 1.165) is 6.42 Å². The summed E-state index contributed by atoms with van der Waals surface area (Å²) in [6, 6.07) is 0. The topological polar surface area (TPSA) is 36.1 Å². The van der Waals surface area contributed by atoms with Crippen molar-refractivity contribution in [3.8, 4) is 0 Å². The molecule has 0 radical (unpaired) electrons. The quantitative estimate of drug-likeness (QED) is 0.360. The Morgan fingerprint density at radius 3 is 2.75 bits per heavy atom. The summed E-state index contributed by atoms with van der Waals surface area (Å²) in [6.45, 7) is 2.08. The van der Waals surface area contributed by atoms with Gasteiger partial charge in [0.15, 0.2) is 0 Å². The van der Waals surface area contributed by atoms with Gasteiger partial charge in [-0.25, -0.2) is 5.43 Å². The second kappa shape index (κ2) is 6.46. The van der Waals surface area contributed by atoms with E-state index in [9.17, 15) is 0 Å². The highest BCUT2D eigenvalue weighted by molar-refractivity contribution is 4.74. The molecular weight excluding hydrogens is 102 g/mol. The van der Waals surface area contributed by atoms with Crippen LogP contribution in [0.4, 0.5) is 0 Å². The van der Waals surface area contributed by atoms with E-state index in [2.05, 4.69) is 23.3 Å². The lowest BCUT2D eigenvalue weighted by Crippen LogP contribution is -2.37. The van der Waals surface area contributed by atoms with Crippen LogP contribution in [0.15, 0.2) is 12.3 Å². The van der Waals surface area contributed by atoms with Crippen LogP contribution in [-0.4, -0.2) is 7.05 Å². The fourth-order valence-electron chi connectivity index (χ4n) is 0.291. The lowest BCUT2D eigenvalue weighted by molar-refractivity contribution is 0.540. The summed E-state index contributed by atoms with van der Waals surface area (Å²) in [5.74, 6) is 0. The minimum absolute atomic E-state index is 1.05. The van der Waals surface area contributed by atoms with Gasteiger partial charge in [-0.05, 0) is 6.42 Å². The predicted octanol–water partition coefficient (Wildman–Crippen LogP) is 0.139. The van der Waals surface area contributed by atoms with Gasteiger partial charge in [-0.2, -0.15) is 5.53 Å². The maximum atomic E-state index is 2.79. The van der Waals surface area contributed by atoms with Gasteiger partial charge in [-0.3, -0.25) is 0 Å². The molecule has 0 rings (SSSR count). The molecule has 0 unspecified atom stereocenters. The summed E-state index contributed by atoms with van der Waals surface area (Å²) < 4.78 is 0. The largest absolute Gasteiger partial charge is 0.316 e. The number of allylic oxidation sites excluding steroid dienone is 1. The summed E-state index contributed by atoms with van der Waals surface area (Å²) in [7, 11) is 1.80. The normalized spacial score (nSPS) is 10.2. The van der Waals surface area contributed by atoms with Crippen LogP contribution in [0.3, 0.4) is 0 Å². The molecule has 0 spiro atoms. The van der Waals surface area contributed by atoms with Crippen LogP contribution in [0.1, 0.15) is 13.3 Å². The van der Waals surface area contributed by atoms with E-state index in [-0.39, 0.29) is 0 Å². The molecule has 0 aromatic carbocycles. The van der Waals surface area contributed by atoms with Crippen molar-refractivity contribution < 1.29 is 0 Å². The minimum atomic E-state index is 1.05. The summed E-state index contributed by atoms with van der Waals surface area (Å²) in [4.78, 5) is 0. The van der Waals surface area contributed by atoms with Gasteiger partial charge in [0.25, 0.3) is 0 Å².